The second-order valence-electron chi connectivity index (χ2n) is 13.7. The fourth-order valence-corrected chi connectivity index (χ4v) is 7.80. The van der Waals surface area contributed by atoms with Gasteiger partial charge in [0.25, 0.3) is 0 Å². The van der Waals surface area contributed by atoms with E-state index in [2.05, 4.69) is 111 Å². The van der Waals surface area contributed by atoms with Gasteiger partial charge in [0.1, 0.15) is 0 Å². The van der Waals surface area contributed by atoms with Gasteiger partial charge in [-0.3, -0.25) is 4.98 Å². The Hall–Kier alpha value is -3.90. The number of furan rings is 1. The molecule has 0 aliphatic carbocycles. The van der Waals surface area contributed by atoms with E-state index in [9.17, 15) is 0 Å². The van der Waals surface area contributed by atoms with E-state index in [1.807, 2.05) is 48.5 Å². The van der Waals surface area contributed by atoms with Crippen LogP contribution in [0.5, 0.6) is 0 Å². The van der Waals surface area contributed by atoms with Crippen molar-refractivity contribution in [1.82, 2.24) is 19.5 Å². The number of imidazole rings is 1. The second kappa shape index (κ2) is 14.1. The summed E-state index contributed by atoms with van der Waals surface area (Å²) in [6.07, 6.45) is 4.99. The summed E-state index contributed by atoms with van der Waals surface area (Å²) in [6.45, 7) is 18.2. The van der Waals surface area contributed by atoms with Crippen LogP contribution in [-0.4, -0.2) is 27.6 Å². The summed E-state index contributed by atoms with van der Waals surface area (Å²) in [5.74, 6) is 1.55. The van der Waals surface area contributed by atoms with Gasteiger partial charge in [-0.25, -0.2) is 4.98 Å². The first-order valence-corrected chi connectivity index (χ1v) is 19.6. The Labute approximate surface area is 292 Å². The number of para-hydroxylation sites is 2. The molecular weight excluding hydrogens is 773 g/mol. The zero-order valence-electron chi connectivity index (χ0n) is 28.5. The Balaban J connectivity index is 0.000000188. The molecule has 0 bridgehead atoms. The van der Waals surface area contributed by atoms with Gasteiger partial charge in [-0.15, -0.1) is 53.6 Å². The first kappa shape index (κ1) is 34.4. The molecule has 1 radical (unpaired) electrons. The maximum absolute atomic E-state index is 6.15. The molecule has 243 valence electrons. The number of nitrogens with zero attached hydrogens (tertiary/aromatic N) is 4. The fraction of sp³-hybridized carbons (Fsp3) is 0.275. The van der Waals surface area contributed by atoms with Crippen LogP contribution in [0.25, 0.3) is 55.7 Å². The molecule has 7 rings (SSSR count). The Kier molecular flexibility index (Phi) is 10.3. The van der Waals surface area contributed by atoms with Crippen molar-refractivity contribution in [3.63, 3.8) is 0 Å². The molecule has 0 atom stereocenters. The Morgan fingerprint density at radius 1 is 0.915 bits per heavy atom. The van der Waals surface area contributed by atoms with Gasteiger partial charge >= 0.3 is 0 Å². The molecule has 0 spiro atoms. The Morgan fingerprint density at radius 2 is 1.68 bits per heavy atom. The standard InChI is InChI=1S/C22H18N3O.C18H24NSi.Ir/c1-13(2)25-18-9-5-4-8-17(18)24-21(25)16-11-10-14(3)19-15-7-6-12-23-22(15)26-20(16)19;1-14(2)11-16-12-17(15-9-7-6-8-10-15)19-13-18(16)20(3,4)5;/h4-10,12-13H,1-3H3;6-9,12-14H,11H2,1-5H3;/q2*-1;. The summed E-state index contributed by atoms with van der Waals surface area (Å²) in [4.78, 5) is 14.0. The average Bonchev–Trinajstić information content (AvgIpc) is 3.61. The molecule has 0 aliphatic rings. The molecule has 0 amide bonds. The maximum atomic E-state index is 6.15. The van der Waals surface area contributed by atoms with Crippen LogP contribution in [0.2, 0.25) is 19.6 Å². The summed E-state index contributed by atoms with van der Waals surface area (Å²) in [6, 6.07) is 31.5. The molecule has 0 N–H and O–H groups in total. The molecule has 4 aromatic heterocycles. The monoisotopic (exact) mass is 815 g/mol. The minimum absolute atomic E-state index is 0. The predicted octanol–water partition coefficient (Wildman–Crippen LogP) is 9.98. The minimum Gasteiger partial charge on any atom is -0.486 e. The van der Waals surface area contributed by atoms with Crippen LogP contribution in [0.3, 0.4) is 0 Å². The van der Waals surface area contributed by atoms with E-state index in [1.165, 1.54) is 10.8 Å². The van der Waals surface area contributed by atoms with Gasteiger partial charge in [-0.2, -0.15) is 0 Å². The molecule has 3 aromatic carbocycles. The molecule has 0 fully saturated rings. The topological polar surface area (TPSA) is 56.7 Å². The average molecular weight is 815 g/mol. The molecule has 47 heavy (non-hydrogen) atoms. The zero-order valence-corrected chi connectivity index (χ0v) is 31.9. The first-order chi connectivity index (χ1) is 22.0. The van der Waals surface area contributed by atoms with Crippen LogP contribution >= 0.6 is 0 Å². The normalized spacial score (nSPS) is 11.7. The number of benzene rings is 3. The summed E-state index contributed by atoms with van der Waals surface area (Å²) in [7, 11) is -1.34. The quantitative estimate of drug-likeness (QED) is 0.124. The van der Waals surface area contributed by atoms with Crippen LogP contribution < -0.4 is 5.19 Å². The van der Waals surface area contributed by atoms with Gasteiger partial charge in [0.15, 0.2) is 0 Å². The van der Waals surface area contributed by atoms with E-state index in [-0.39, 0.29) is 26.1 Å². The van der Waals surface area contributed by atoms with Gasteiger partial charge < -0.3 is 14.0 Å². The van der Waals surface area contributed by atoms with Crippen LogP contribution in [0.4, 0.5) is 0 Å². The smallest absolute Gasteiger partial charge is 0.216 e. The summed E-state index contributed by atoms with van der Waals surface area (Å²) >= 11 is 0. The first-order valence-electron chi connectivity index (χ1n) is 16.1. The third-order valence-electron chi connectivity index (χ3n) is 8.27. The largest absolute Gasteiger partial charge is 0.486 e. The van der Waals surface area contributed by atoms with E-state index < -0.39 is 8.07 Å². The zero-order chi connectivity index (χ0) is 32.6. The second-order valence-corrected chi connectivity index (χ2v) is 18.8. The third-order valence-corrected chi connectivity index (χ3v) is 10.3. The van der Waals surface area contributed by atoms with E-state index in [4.69, 9.17) is 9.40 Å². The number of fused-ring (bicyclic) bond motifs is 4. The number of aromatic nitrogens is 4. The van der Waals surface area contributed by atoms with Crippen molar-refractivity contribution in [2.24, 2.45) is 5.92 Å². The van der Waals surface area contributed by atoms with Crippen molar-refractivity contribution in [1.29, 1.82) is 0 Å². The van der Waals surface area contributed by atoms with Gasteiger partial charge in [0, 0.05) is 43.9 Å². The molecule has 5 nitrogen and oxygen atoms in total. The number of aryl methyl sites for hydroxylation is 1. The van der Waals surface area contributed by atoms with E-state index in [0.29, 0.717) is 11.6 Å². The van der Waals surface area contributed by atoms with Crippen molar-refractivity contribution >= 4 is 46.4 Å². The number of hydrogen-bond acceptors (Lipinski definition) is 4. The molecule has 0 unspecified atom stereocenters. The molecule has 0 aliphatic heterocycles. The molecule has 4 heterocycles. The molecule has 7 aromatic rings. The van der Waals surface area contributed by atoms with E-state index >= 15 is 0 Å². The summed E-state index contributed by atoms with van der Waals surface area (Å²) < 4.78 is 8.40. The van der Waals surface area contributed by atoms with Crippen molar-refractivity contribution in [3.8, 4) is 22.6 Å². The summed E-state index contributed by atoms with van der Waals surface area (Å²) in [5.41, 5.74) is 9.16. The molecule has 0 saturated heterocycles. The van der Waals surface area contributed by atoms with Crippen LogP contribution in [0, 0.1) is 25.0 Å². The molecule has 0 saturated carbocycles. The molecule has 7 heteroatoms. The number of rotatable bonds is 6. The molecular formula is C40H42IrN4OSi-2. The van der Waals surface area contributed by atoms with Crippen molar-refractivity contribution < 1.29 is 24.5 Å². The fourth-order valence-electron chi connectivity index (χ4n) is 6.21. The van der Waals surface area contributed by atoms with Gasteiger partial charge in [-0.1, -0.05) is 75.1 Å². The minimum atomic E-state index is -1.34. The Bertz CT molecular complexity index is 2140. The van der Waals surface area contributed by atoms with Gasteiger partial charge in [0.2, 0.25) is 5.71 Å². The van der Waals surface area contributed by atoms with Crippen LogP contribution in [-0.2, 0) is 26.5 Å². The van der Waals surface area contributed by atoms with E-state index in [0.717, 1.165) is 62.0 Å². The van der Waals surface area contributed by atoms with Crippen molar-refractivity contribution in [2.75, 3.05) is 0 Å². The number of pyridine rings is 2. The van der Waals surface area contributed by atoms with Crippen LogP contribution in [0.15, 0.2) is 89.6 Å². The Morgan fingerprint density at radius 3 is 2.38 bits per heavy atom. The maximum Gasteiger partial charge on any atom is 0.216 e. The SMILES string of the molecule is CC(C)Cc1cc(-c2[c-]cccc2)ncc1[Si](C)(C)C.Cc1c[c-]c(-c2nc3ccccc3n2C(C)C)c2oc3ncccc3c12.[Ir]. The van der Waals surface area contributed by atoms with Crippen LogP contribution in [0.1, 0.15) is 44.9 Å². The van der Waals surface area contributed by atoms with Crippen molar-refractivity contribution in [2.45, 2.75) is 66.7 Å². The van der Waals surface area contributed by atoms with Gasteiger partial charge in [-0.05, 0) is 61.3 Å². The van der Waals surface area contributed by atoms with Gasteiger partial charge in [0.05, 0.1) is 30.5 Å². The number of hydrogen-bond donors (Lipinski definition) is 0. The van der Waals surface area contributed by atoms with E-state index in [1.54, 1.807) is 6.20 Å². The predicted molar refractivity (Wildman–Crippen MR) is 194 cm³/mol. The summed E-state index contributed by atoms with van der Waals surface area (Å²) in [5, 5.41) is 3.61. The third kappa shape index (κ3) is 7.03. The van der Waals surface area contributed by atoms with Crippen molar-refractivity contribution in [3.05, 3.63) is 108 Å².